The first-order valence-corrected chi connectivity index (χ1v) is 5.63. The highest BCUT2D eigenvalue weighted by atomic mass is 19.2. The third-order valence-corrected chi connectivity index (χ3v) is 3.02. The van der Waals surface area contributed by atoms with E-state index in [1.54, 1.807) is 0 Å². The Labute approximate surface area is 102 Å². The molecule has 1 saturated heterocycles. The normalized spacial score (nSPS) is 19.9. The molecule has 0 spiro atoms. The van der Waals surface area contributed by atoms with Gasteiger partial charge in [0, 0.05) is 25.2 Å². The van der Waals surface area contributed by atoms with Crippen molar-refractivity contribution in [2.24, 2.45) is 5.73 Å². The topological polar surface area (TPSA) is 72.4 Å². The molecule has 5 nitrogen and oxygen atoms in total. The number of nitrogens with zero attached hydrogens (tertiary/aromatic N) is 2. The van der Waals surface area contributed by atoms with Gasteiger partial charge in [0.1, 0.15) is 0 Å². The van der Waals surface area contributed by atoms with E-state index in [2.05, 4.69) is 0 Å². The van der Waals surface area contributed by atoms with Crippen molar-refractivity contribution in [2.75, 3.05) is 18.0 Å². The summed E-state index contributed by atoms with van der Waals surface area (Å²) < 4.78 is 27.0. The lowest BCUT2D eigenvalue weighted by Gasteiger charge is -2.32. The van der Waals surface area contributed by atoms with Gasteiger partial charge in [0.05, 0.1) is 4.92 Å². The van der Waals surface area contributed by atoms with Crippen LogP contribution in [0.3, 0.4) is 0 Å². The minimum atomic E-state index is -1.18. The molecule has 2 N–H and O–H groups in total. The summed E-state index contributed by atoms with van der Waals surface area (Å²) in [5.74, 6) is -2.27. The zero-order valence-electron chi connectivity index (χ0n) is 9.60. The van der Waals surface area contributed by atoms with Gasteiger partial charge in [-0.15, -0.1) is 0 Å². The summed E-state index contributed by atoms with van der Waals surface area (Å²) in [6.45, 7) is 0.732. The van der Waals surface area contributed by atoms with E-state index in [1.165, 1.54) is 4.90 Å². The number of halogens is 2. The summed E-state index contributed by atoms with van der Waals surface area (Å²) in [7, 11) is 0. The fourth-order valence-corrected chi connectivity index (χ4v) is 2.19. The molecule has 0 radical (unpaired) electrons. The van der Waals surface area contributed by atoms with Crippen molar-refractivity contribution in [2.45, 2.75) is 18.9 Å². The van der Waals surface area contributed by atoms with Crippen molar-refractivity contribution < 1.29 is 13.7 Å². The number of nitro benzene ring substituents is 1. The minimum absolute atomic E-state index is 0.180. The maximum absolute atomic E-state index is 13.8. The monoisotopic (exact) mass is 257 g/mol. The molecule has 0 amide bonds. The van der Waals surface area contributed by atoms with Gasteiger partial charge in [0.2, 0.25) is 0 Å². The molecule has 98 valence electrons. The molecular formula is C11H13F2N3O2. The van der Waals surface area contributed by atoms with Crippen molar-refractivity contribution in [1.29, 1.82) is 0 Å². The van der Waals surface area contributed by atoms with Gasteiger partial charge in [-0.25, -0.2) is 8.78 Å². The number of piperidine rings is 1. The van der Waals surface area contributed by atoms with Crippen LogP contribution in [0.1, 0.15) is 12.8 Å². The Morgan fingerprint density at radius 1 is 1.44 bits per heavy atom. The summed E-state index contributed by atoms with van der Waals surface area (Å²) in [6.07, 6.45) is 1.48. The summed E-state index contributed by atoms with van der Waals surface area (Å²) in [5, 5.41) is 10.9. The van der Waals surface area contributed by atoms with Crippen LogP contribution in [-0.4, -0.2) is 24.1 Å². The van der Waals surface area contributed by atoms with Crippen molar-refractivity contribution in [3.05, 3.63) is 33.9 Å². The highest BCUT2D eigenvalue weighted by Gasteiger charge is 2.29. The molecule has 0 unspecified atom stereocenters. The molecule has 1 aliphatic heterocycles. The fourth-order valence-electron chi connectivity index (χ4n) is 2.19. The first kappa shape index (κ1) is 12.7. The van der Waals surface area contributed by atoms with Gasteiger partial charge in [-0.1, -0.05) is 0 Å². The van der Waals surface area contributed by atoms with E-state index >= 15 is 0 Å². The molecular weight excluding hydrogens is 244 g/mol. The number of nitro groups is 1. The van der Waals surface area contributed by atoms with Gasteiger partial charge in [-0.2, -0.15) is 0 Å². The molecule has 0 aliphatic carbocycles. The SMILES string of the molecule is N[C@@H]1CCCN(c2c([N+](=O)[O-])ccc(F)c2F)C1. The second kappa shape index (κ2) is 4.85. The predicted molar refractivity (Wildman–Crippen MR) is 62.4 cm³/mol. The lowest BCUT2D eigenvalue weighted by molar-refractivity contribution is -0.384. The molecule has 1 aromatic carbocycles. The van der Waals surface area contributed by atoms with E-state index in [1.807, 2.05) is 0 Å². The molecule has 1 atom stereocenters. The second-order valence-corrected chi connectivity index (χ2v) is 4.33. The van der Waals surface area contributed by atoms with Crippen LogP contribution in [0, 0.1) is 21.7 Å². The van der Waals surface area contributed by atoms with Gasteiger partial charge in [0.15, 0.2) is 17.3 Å². The van der Waals surface area contributed by atoms with E-state index in [9.17, 15) is 18.9 Å². The standard InChI is InChI=1S/C11H13F2N3O2/c12-8-3-4-9(16(17)18)11(10(8)13)15-5-1-2-7(14)6-15/h3-4,7H,1-2,5-6,14H2/t7-/m1/s1. The van der Waals surface area contributed by atoms with Crippen LogP contribution in [0.5, 0.6) is 0 Å². The minimum Gasteiger partial charge on any atom is -0.362 e. The number of benzene rings is 1. The smallest absolute Gasteiger partial charge is 0.295 e. The summed E-state index contributed by atoms with van der Waals surface area (Å²) in [5.41, 5.74) is 5.03. The largest absolute Gasteiger partial charge is 0.362 e. The Balaban J connectivity index is 2.46. The lowest BCUT2D eigenvalue weighted by Crippen LogP contribution is -2.43. The van der Waals surface area contributed by atoms with Crippen LogP contribution in [0.15, 0.2) is 12.1 Å². The van der Waals surface area contributed by atoms with Gasteiger partial charge < -0.3 is 10.6 Å². The number of nitrogens with two attached hydrogens (primary N) is 1. The highest BCUT2D eigenvalue weighted by molar-refractivity contribution is 5.64. The average Bonchev–Trinajstić information content (AvgIpc) is 2.32. The van der Waals surface area contributed by atoms with Gasteiger partial charge in [-0.05, 0) is 18.9 Å². The van der Waals surface area contributed by atoms with Crippen LogP contribution < -0.4 is 10.6 Å². The molecule has 1 aromatic rings. The maximum atomic E-state index is 13.8. The number of rotatable bonds is 2. The van der Waals surface area contributed by atoms with E-state index in [-0.39, 0.29) is 11.7 Å². The molecule has 0 saturated carbocycles. The predicted octanol–water partition coefficient (Wildman–Crippen LogP) is 1.80. The first-order chi connectivity index (χ1) is 8.50. The number of anilines is 1. The fraction of sp³-hybridized carbons (Fsp3) is 0.455. The first-order valence-electron chi connectivity index (χ1n) is 5.63. The molecule has 1 heterocycles. The van der Waals surface area contributed by atoms with Gasteiger partial charge in [0.25, 0.3) is 5.69 Å². The molecule has 7 heteroatoms. The maximum Gasteiger partial charge on any atom is 0.295 e. The van der Waals surface area contributed by atoms with Crippen molar-refractivity contribution in [1.82, 2.24) is 0 Å². The third-order valence-electron chi connectivity index (χ3n) is 3.02. The Hall–Kier alpha value is -1.76. The Kier molecular flexibility index (Phi) is 3.42. The molecule has 0 bridgehead atoms. The van der Waals surface area contributed by atoms with Gasteiger partial charge in [-0.3, -0.25) is 10.1 Å². The number of hydrogen-bond donors (Lipinski definition) is 1. The van der Waals surface area contributed by atoms with Crippen LogP contribution in [0.2, 0.25) is 0 Å². The third kappa shape index (κ3) is 2.26. The van der Waals surface area contributed by atoms with Crippen LogP contribution in [-0.2, 0) is 0 Å². The van der Waals surface area contributed by atoms with E-state index < -0.39 is 22.2 Å². The summed E-state index contributed by atoms with van der Waals surface area (Å²) >= 11 is 0. The van der Waals surface area contributed by atoms with Crippen molar-refractivity contribution in [3.63, 3.8) is 0 Å². The molecule has 0 aromatic heterocycles. The highest BCUT2D eigenvalue weighted by Crippen LogP contribution is 2.34. The molecule has 1 fully saturated rings. The molecule has 2 rings (SSSR count). The molecule has 18 heavy (non-hydrogen) atoms. The molecule has 1 aliphatic rings. The van der Waals surface area contributed by atoms with Crippen LogP contribution in [0.4, 0.5) is 20.2 Å². The Bertz CT molecular complexity index is 482. The average molecular weight is 257 g/mol. The van der Waals surface area contributed by atoms with Crippen LogP contribution in [0.25, 0.3) is 0 Å². The van der Waals surface area contributed by atoms with Crippen LogP contribution >= 0.6 is 0 Å². The second-order valence-electron chi connectivity index (χ2n) is 4.33. The Morgan fingerprint density at radius 2 is 2.17 bits per heavy atom. The zero-order valence-corrected chi connectivity index (χ0v) is 9.60. The zero-order chi connectivity index (χ0) is 13.3. The summed E-state index contributed by atoms with van der Waals surface area (Å²) in [6, 6.07) is 1.57. The summed E-state index contributed by atoms with van der Waals surface area (Å²) in [4.78, 5) is 11.6. The van der Waals surface area contributed by atoms with E-state index in [4.69, 9.17) is 5.73 Å². The van der Waals surface area contributed by atoms with E-state index in [0.717, 1.165) is 18.6 Å². The Morgan fingerprint density at radius 3 is 2.78 bits per heavy atom. The van der Waals surface area contributed by atoms with E-state index in [0.29, 0.717) is 19.5 Å². The lowest BCUT2D eigenvalue weighted by atomic mass is 10.1. The van der Waals surface area contributed by atoms with Gasteiger partial charge >= 0.3 is 0 Å². The quantitative estimate of drug-likeness (QED) is 0.647. The van der Waals surface area contributed by atoms with Crippen molar-refractivity contribution in [3.8, 4) is 0 Å². The van der Waals surface area contributed by atoms with Crippen molar-refractivity contribution >= 4 is 11.4 Å². The number of hydrogen-bond acceptors (Lipinski definition) is 4.